The van der Waals surface area contributed by atoms with E-state index in [9.17, 15) is 0 Å². The van der Waals surface area contributed by atoms with E-state index in [0.29, 0.717) is 0 Å². The summed E-state index contributed by atoms with van der Waals surface area (Å²) in [5.41, 5.74) is 10.4. The third-order valence-electron chi connectivity index (χ3n) is 13.1. The lowest BCUT2D eigenvalue weighted by Crippen LogP contribution is -1.93. The van der Waals surface area contributed by atoms with Gasteiger partial charge in [0.15, 0.2) is 0 Å². The van der Waals surface area contributed by atoms with Crippen molar-refractivity contribution < 1.29 is 0 Å². The molecule has 0 radical (unpaired) electrons. The van der Waals surface area contributed by atoms with Crippen LogP contribution in [0.4, 0.5) is 0 Å². The maximum absolute atomic E-state index is 5.45. The fourth-order valence-electron chi connectivity index (χ4n) is 10.2. The van der Waals surface area contributed by atoms with Crippen LogP contribution in [-0.2, 0) is 0 Å². The lowest BCUT2D eigenvalue weighted by Gasteiger charge is -2.19. The summed E-state index contributed by atoms with van der Waals surface area (Å²) in [4.78, 5) is 5.45. The summed E-state index contributed by atoms with van der Waals surface area (Å²) in [6.45, 7) is 0. The van der Waals surface area contributed by atoms with Crippen LogP contribution < -0.4 is 0 Å². The van der Waals surface area contributed by atoms with Crippen molar-refractivity contribution >= 4 is 86.3 Å². The molecule has 13 rings (SSSR count). The van der Waals surface area contributed by atoms with Crippen LogP contribution in [0.15, 0.2) is 224 Å². The largest absolute Gasteiger partial charge is 0.247 e. The normalized spacial score (nSPS) is 11.9. The first-order valence-corrected chi connectivity index (χ1v) is 21.4. The molecule has 0 N–H and O–H groups in total. The minimum Gasteiger partial charge on any atom is -0.247 e. The monoisotopic (exact) mass is 783 g/mol. The van der Waals surface area contributed by atoms with Crippen molar-refractivity contribution in [3.8, 4) is 44.6 Å². The zero-order chi connectivity index (χ0) is 40.7. The second-order valence-corrected chi connectivity index (χ2v) is 16.6. The van der Waals surface area contributed by atoms with Gasteiger partial charge < -0.3 is 0 Å². The lowest BCUT2D eigenvalue weighted by atomic mass is 9.84. The average Bonchev–Trinajstić information content (AvgIpc) is 3.34. The summed E-state index contributed by atoms with van der Waals surface area (Å²) < 4.78 is 0. The first-order chi connectivity index (χ1) is 30.7. The number of hydrogen-bond acceptors (Lipinski definition) is 1. The van der Waals surface area contributed by atoms with Gasteiger partial charge in [-0.15, -0.1) is 0 Å². The fourth-order valence-corrected chi connectivity index (χ4v) is 10.2. The first-order valence-electron chi connectivity index (χ1n) is 21.4. The molecular weight excluding hydrogens is 747 g/mol. The molecular formula is C61H37N. The number of rotatable bonds is 4. The average molecular weight is 784 g/mol. The molecule has 1 heteroatoms. The van der Waals surface area contributed by atoms with Crippen molar-refractivity contribution in [1.82, 2.24) is 4.98 Å². The van der Waals surface area contributed by atoms with E-state index in [1.54, 1.807) is 0 Å². The molecule has 0 saturated carbocycles. The number of benzene rings is 12. The molecule has 0 aliphatic carbocycles. The maximum atomic E-state index is 5.45. The van der Waals surface area contributed by atoms with Crippen LogP contribution in [0.25, 0.3) is 131 Å². The Bertz CT molecular complexity index is 3990. The van der Waals surface area contributed by atoms with Crippen LogP contribution in [0.5, 0.6) is 0 Å². The number of pyridine rings is 1. The molecule has 0 amide bonds. The van der Waals surface area contributed by atoms with E-state index in [4.69, 9.17) is 4.98 Å². The van der Waals surface area contributed by atoms with Crippen LogP contribution in [0.3, 0.4) is 0 Å². The second kappa shape index (κ2) is 13.7. The summed E-state index contributed by atoms with van der Waals surface area (Å²) in [5.74, 6) is 0. The molecule has 0 atom stereocenters. The topological polar surface area (TPSA) is 12.9 Å². The van der Waals surface area contributed by atoms with Crippen LogP contribution in [0.1, 0.15) is 0 Å². The number of aromatic nitrogens is 1. The van der Waals surface area contributed by atoms with E-state index in [1.165, 1.54) is 103 Å². The van der Waals surface area contributed by atoms with Crippen LogP contribution in [0.2, 0.25) is 0 Å². The molecule has 0 aliphatic heterocycles. The third-order valence-corrected chi connectivity index (χ3v) is 13.1. The molecule has 0 aliphatic rings. The standard InChI is InChI=1S/C61H37N/c1-4-15-42-33-47(24-21-38(42)11-1)58-51-19-9-10-20-52(51)59(48-25-22-39-12-2-5-16-43(39)34-48)55-36-45(28-30-53(55)58)46-29-32-57-56(37-46)60-50-18-8-7-14-41(50)27-31-54(60)61(62-57)49-26-23-40-13-3-6-17-44(40)35-49/h1-37H. The molecule has 1 heterocycles. The highest BCUT2D eigenvalue weighted by atomic mass is 14.7. The Morgan fingerprint density at radius 2 is 0.629 bits per heavy atom. The Labute approximate surface area is 358 Å². The highest BCUT2D eigenvalue weighted by Crippen LogP contribution is 2.46. The SMILES string of the molecule is c1ccc2cc(-c3c4ccccc4c(-c4ccc5ccccc5c4)c4cc(-c5ccc6nc(-c7ccc8ccccc8c7)c7ccc8ccccc8c7c6c5)ccc34)ccc2c1. The summed E-state index contributed by atoms with van der Waals surface area (Å²) in [5, 5.41) is 18.4. The quantitative estimate of drug-likeness (QED) is 0.128. The molecule has 1 aromatic heterocycles. The Hall–Kier alpha value is -8.13. The maximum Gasteiger partial charge on any atom is 0.0788 e. The highest BCUT2D eigenvalue weighted by Gasteiger charge is 2.20. The van der Waals surface area contributed by atoms with Crippen molar-refractivity contribution in [2.45, 2.75) is 0 Å². The smallest absolute Gasteiger partial charge is 0.0788 e. The van der Waals surface area contributed by atoms with Gasteiger partial charge in [0.05, 0.1) is 11.2 Å². The van der Waals surface area contributed by atoms with Crippen molar-refractivity contribution in [1.29, 1.82) is 0 Å². The van der Waals surface area contributed by atoms with E-state index in [-0.39, 0.29) is 0 Å². The minimum atomic E-state index is 0.989. The van der Waals surface area contributed by atoms with E-state index in [0.717, 1.165) is 27.5 Å². The van der Waals surface area contributed by atoms with Gasteiger partial charge in [0.1, 0.15) is 0 Å². The molecule has 12 aromatic carbocycles. The van der Waals surface area contributed by atoms with Crippen molar-refractivity contribution in [2.75, 3.05) is 0 Å². The zero-order valence-corrected chi connectivity index (χ0v) is 33.8. The van der Waals surface area contributed by atoms with E-state index < -0.39 is 0 Å². The Balaban J connectivity index is 1.08. The summed E-state index contributed by atoms with van der Waals surface area (Å²) in [7, 11) is 0. The van der Waals surface area contributed by atoms with Gasteiger partial charge in [-0.1, -0.05) is 188 Å². The van der Waals surface area contributed by atoms with Crippen molar-refractivity contribution in [3.05, 3.63) is 224 Å². The fraction of sp³-hybridized carbons (Fsp3) is 0. The number of nitrogens with zero attached hydrogens (tertiary/aromatic N) is 1. The summed E-state index contributed by atoms with van der Waals surface area (Å²) in [6.07, 6.45) is 0. The van der Waals surface area contributed by atoms with E-state index in [2.05, 4.69) is 224 Å². The third kappa shape index (κ3) is 5.45. The molecule has 0 spiro atoms. The van der Waals surface area contributed by atoms with Gasteiger partial charge in [-0.25, -0.2) is 4.98 Å². The predicted octanol–water partition coefficient (Wildman–Crippen LogP) is 17.0. The highest BCUT2D eigenvalue weighted by molar-refractivity contribution is 6.24. The van der Waals surface area contributed by atoms with Crippen molar-refractivity contribution in [3.63, 3.8) is 0 Å². The zero-order valence-electron chi connectivity index (χ0n) is 33.8. The van der Waals surface area contributed by atoms with Gasteiger partial charge >= 0.3 is 0 Å². The molecule has 0 bridgehead atoms. The van der Waals surface area contributed by atoms with Gasteiger partial charge in [-0.3, -0.25) is 0 Å². The molecule has 0 saturated heterocycles. The molecule has 0 fully saturated rings. The number of fused-ring (bicyclic) bond motifs is 10. The van der Waals surface area contributed by atoms with Crippen LogP contribution >= 0.6 is 0 Å². The molecule has 0 unspecified atom stereocenters. The summed E-state index contributed by atoms with van der Waals surface area (Å²) >= 11 is 0. The second-order valence-electron chi connectivity index (χ2n) is 16.6. The van der Waals surface area contributed by atoms with Gasteiger partial charge in [-0.05, 0) is 134 Å². The molecule has 62 heavy (non-hydrogen) atoms. The van der Waals surface area contributed by atoms with E-state index in [1.807, 2.05) is 0 Å². The van der Waals surface area contributed by atoms with Gasteiger partial charge in [-0.2, -0.15) is 0 Å². The Kier molecular flexibility index (Phi) is 7.67. The van der Waals surface area contributed by atoms with Crippen LogP contribution in [0, 0.1) is 0 Å². The van der Waals surface area contributed by atoms with Gasteiger partial charge in [0, 0.05) is 21.7 Å². The first kappa shape index (κ1) is 34.7. The van der Waals surface area contributed by atoms with E-state index >= 15 is 0 Å². The Morgan fingerprint density at radius 3 is 1.24 bits per heavy atom. The predicted molar refractivity (Wildman–Crippen MR) is 266 cm³/mol. The molecule has 286 valence electrons. The Morgan fingerprint density at radius 1 is 0.226 bits per heavy atom. The molecule has 1 nitrogen and oxygen atoms in total. The molecule has 13 aromatic rings. The van der Waals surface area contributed by atoms with Crippen LogP contribution in [-0.4, -0.2) is 4.98 Å². The van der Waals surface area contributed by atoms with Gasteiger partial charge in [0.2, 0.25) is 0 Å². The minimum absolute atomic E-state index is 0.989. The number of hydrogen-bond donors (Lipinski definition) is 0. The summed E-state index contributed by atoms with van der Waals surface area (Å²) in [6, 6.07) is 82.7. The lowest BCUT2D eigenvalue weighted by molar-refractivity contribution is 1.43. The van der Waals surface area contributed by atoms with Crippen molar-refractivity contribution in [2.24, 2.45) is 0 Å². The van der Waals surface area contributed by atoms with Gasteiger partial charge in [0.25, 0.3) is 0 Å².